The van der Waals surface area contributed by atoms with Crippen molar-refractivity contribution in [3.8, 4) is 0 Å². The minimum absolute atomic E-state index is 0.109. The number of likely N-dealkylation sites (N-methyl/N-ethyl adjacent to an activating group) is 1. The Labute approximate surface area is 116 Å². The van der Waals surface area contributed by atoms with Gasteiger partial charge in [0.25, 0.3) is 0 Å². The van der Waals surface area contributed by atoms with Crippen LogP contribution >= 0.6 is 15.9 Å². The highest BCUT2D eigenvalue weighted by Gasteiger charge is 2.23. The van der Waals surface area contributed by atoms with Gasteiger partial charge in [0.05, 0.1) is 13.2 Å². The quantitative estimate of drug-likeness (QED) is 0.836. The third-order valence-corrected chi connectivity index (χ3v) is 3.71. The molecule has 1 aliphatic heterocycles. The van der Waals surface area contributed by atoms with Crippen molar-refractivity contribution in [2.75, 3.05) is 26.8 Å². The minimum atomic E-state index is 0.109. The van der Waals surface area contributed by atoms with E-state index in [1.54, 1.807) is 0 Å². The number of carbonyl (C=O) groups excluding carboxylic acids is 1. The molecule has 0 amide bonds. The van der Waals surface area contributed by atoms with E-state index in [4.69, 9.17) is 4.74 Å². The molecule has 1 saturated heterocycles. The minimum Gasteiger partial charge on any atom is -0.381 e. The van der Waals surface area contributed by atoms with Gasteiger partial charge >= 0.3 is 0 Å². The smallest absolute Gasteiger partial charge is 0.152 e. The van der Waals surface area contributed by atoms with Crippen molar-refractivity contribution in [2.24, 2.45) is 5.92 Å². The number of ketones is 1. The molecular formula is C14H18BrNO2. The maximum atomic E-state index is 12.0. The van der Waals surface area contributed by atoms with Gasteiger partial charge in [-0.15, -0.1) is 0 Å². The van der Waals surface area contributed by atoms with E-state index in [2.05, 4.69) is 33.0 Å². The van der Waals surface area contributed by atoms with Gasteiger partial charge in [0.2, 0.25) is 0 Å². The van der Waals surface area contributed by atoms with E-state index in [1.165, 1.54) is 5.56 Å². The van der Waals surface area contributed by atoms with Crippen LogP contribution in [0, 0.1) is 5.92 Å². The van der Waals surface area contributed by atoms with Crippen LogP contribution in [0.1, 0.15) is 12.0 Å². The zero-order valence-electron chi connectivity index (χ0n) is 10.6. The number of hydrogen-bond acceptors (Lipinski definition) is 3. The Morgan fingerprint density at radius 2 is 2.17 bits per heavy atom. The van der Waals surface area contributed by atoms with Crippen molar-refractivity contribution in [3.05, 3.63) is 34.3 Å². The number of Topliss-reactive ketones (excluding diaryl/α,β-unsaturated/α-hetero) is 1. The topological polar surface area (TPSA) is 29.5 Å². The Bertz CT molecular complexity index is 399. The van der Waals surface area contributed by atoms with E-state index >= 15 is 0 Å². The zero-order chi connectivity index (χ0) is 13.0. The molecule has 4 heteroatoms. The lowest BCUT2D eigenvalue weighted by Crippen LogP contribution is -2.30. The first-order valence-electron chi connectivity index (χ1n) is 6.18. The predicted octanol–water partition coefficient (Wildman–Crippen LogP) is 2.49. The lowest BCUT2D eigenvalue weighted by atomic mass is 10.0. The Hall–Kier alpha value is -0.710. The second-order valence-electron chi connectivity index (χ2n) is 4.83. The van der Waals surface area contributed by atoms with Crippen molar-refractivity contribution in [3.63, 3.8) is 0 Å². The summed E-state index contributed by atoms with van der Waals surface area (Å²) < 4.78 is 6.32. The van der Waals surface area contributed by atoms with Gasteiger partial charge in [-0.05, 0) is 31.2 Å². The van der Waals surface area contributed by atoms with Crippen LogP contribution < -0.4 is 0 Å². The summed E-state index contributed by atoms with van der Waals surface area (Å²) >= 11 is 3.42. The summed E-state index contributed by atoms with van der Waals surface area (Å²) in [5, 5.41) is 0. The van der Waals surface area contributed by atoms with E-state index in [-0.39, 0.29) is 5.92 Å². The lowest BCUT2D eigenvalue weighted by molar-refractivity contribution is -0.123. The predicted molar refractivity (Wildman–Crippen MR) is 74.4 cm³/mol. The maximum Gasteiger partial charge on any atom is 0.152 e. The molecule has 1 heterocycles. The van der Waals surface area contributed by atoms with Gasteiger partial charge in [-0.1, -0.05) is 28.1 Å². The maximum absolute atomic E-state index is 12.0. The SMILES string of the molecule is CN(CC(=O)C1CCOC1)Cc1ccc(Br)cc1. The summed E-state index contributed by atoms with van der Waals surface area (Å²) in [6.07, 6.45) is 0.880. The van der Waals surface area contributed by atoms with Gasteiger partial charge in [-0.2, -0.15) is 0 Å². The van der Waals surface area contributed by atoms with Crippen molar-refractivity contribution in [1.29, 1.82) is 0 Å². The van der Waals surface area contributed by atoms with E-state index in [0.717, 1.165) is 24.0 Å². The lowest BCUT2D eigenvalue weighted by Gasteiger charge is -2.17. The molecule has 0 saturated carbocycles. The first-order valence-corrected chi connectivity index (χ1v) is 6.98. The van der Waals surface area contributed by atoms with Crippen LogP contribution in [0.5, 0.6) is 0 Å². The fourth-order valence-electron chi connectivity index (χ4n) is 2.14. The van der Waals surface area contributed by atoms with Crippen LogP contribution in [-0.2, 0) is 16.1 Å². The van der Waals surface area contributed by atoms with E-state index in [0.29, 0.717) is 18.9 Å². The molecule has 0 bridgehead atoms. The van der Waals surface area contributed by atoms with Crippen LogP contribution in [0.4, 0.5) is 0 Å². The number of ether oxygens (including phenoxy) is 1. The highest BCUT2D eigenvalue weighted by molar-refractivity contribution is 9.10. The molecule has 2 rings (SSSR count). The molecule has 1 aromatic carbocycles. The molecule has 0 aliphatic carbocycles. The summed E-state index contributed by atoms with van der Waals surface area (Å²) in [4.78, 5) is 14.0. The number of carbonyl (C=O) groups is 1. The monoisotopic (exact) mass is 311 g/mol. The molecule has 1 aromatic rings. The highest BCUT2D eigenvalue weighted by atomic mass is 79.9. The molecule has 18 heavy (non-hydrogen) atoms. The van der Waals surface area contributed by atoms with Gasteiger partial charge < -0.3 is 4.74 Å². The van der Waals surface area contributed by atoms with Gasteiger partial charge in [0.1, 0.15) is 0 Å². The number of hydrogen-bond donors (Lipinski definition) is 0. The van der Waals surface area contributed by atoms with E-state index in [1.807, 2.05) is 19.2 Å². The fourth-order valence-corrected chi connectivity index (χ4v) is 2.41. The molecule has 3 nitrogen and oxygen atoms in total. The van der Waals surface area contributed by atoms with Crippen LogP contribution in [0.3, 0.4) is 0 Å². The molecule has 0 radical (unpaired) electrons. The number of benzene rings is 1. The summed E-state index contributed by atoms with van der Waals surface area (Å²) in [5.41, 5.74) is 1.22. The molecule has 1 aliphatic rings. The average Bonchev–Trinajstić information content (AvgIpc) is 2.85. The van der Waals surface area contributed by atoms with Crippen molar-refractivity contribution in [1.82, 2.24) is 4.90 Å². The first kappa shape index (κ1) is 13.7. The van der Waals surface area contributed by atoms with Crippen LogP contribution in [0.25, 0.3) is 0 Å². The first-order chi connectivity index (χ1) is 8.65. The van der Waals surface area contributed by atoms with Gasteiger partial charge in [-0.3, -0.25) is 9.69 Å². The molecule has 98 valence electrons. The van der Waals surface area contributed by atoms with Crippen LogP contribution in [0.2, 0.25) is 0 Å². The summed E-state index contributed by atoms with van der Waals surface area (Å²) in [7, 11) is 1.98. The largest absolute Gasteiger partial charge is 0.381 e. The highest BCUT2D eigenvalue weighted by Crippen LogP contribution is 2.15. The molecule has 1 fully saturated rings. The summed E-state index contributed by atoms with van der Waals surface area (Å²) in [6.45, 7) is 2.63. The van der Waals surface area contributed by atoms with Crippen molar-refractivity contribution in [2.45, 2.75) is 13.0 Å². The van der Waals surface area contributed by atoms with Crippen LogP contribution in [-0.4, -0.2) is 37.5 Å². The van der Waals surface area contributed by atoms with Gasteiger partial charge in [-0.25, -0.2) is 0 Å². The molecular weight excluding hydrogens is 294 g/mol. The fraction of sp³-hybridized carbons (Fsp3) is 0.500. The van der Waals surface area contributed by atoms with Gasteiger partial charge in [0.15, 0.2) is 5.78 Å². The third-order valence-electron chi connectivity index (χ3n) is 3.18. The van der Waals surface area contributed by atoms with E-state index in [9.17, 15) is 4.79 Å². The second-order valence-corrected chi connectivity index (χ2v) is 5.74. The Morgan fingerprint density at radius 1 is 1.44 bits per heavy atom. The zero-order valence-corrected chi connectivity index (χ0v) is 12.1. The Kier molecular flexibility index (Phi) is 4.92. The molecule has 0 N–H and O–H groups in total. The van der Waals surface area contributed by atoms with Crippen LogP contribution in [0.15, 0.2) is 28.7 Å². The normalized spacial score (nSPS) is 19.4. The summed E-state index contributed by atoms with van der Waals surface area (Å²) in [5.74, 6) is 0.407. The molecule has 1 unspecified atom stereocenters. The Morgan fingerprint density at radius 3 is 2.78 bits per heavy atom. The second kappa shape index (κ2) is 6.45. The van der Waals surface area contributed by atoms with Crippen molar-refractivity contribution >= 4 is 21.7 Å². The van der Waals surface area contributed by atoms with Crippen molar-refractivity contribution < 1.29 is 9.53 Å². The molecule has 0 spiro atoms. The third kappa shape index (κ3) is 3.90. The standard InChI is InChI=1S/C14H18BrNO2/c1-16(8-11-2-4-13(15)5-3-11)9-14(17)12-6-7-18-10-12/h2-5,12H,6-10H2,1H3. The average molecular weight is 312 g/mol. The summed E-state index contributed by atoms with van der Waals surface area (Å²) in [6, 6.07) is 8.19. The van der Waals surface area contributed by atoms with Gasteiger partial charge in [0, 0.05) is 23.5 Å². The number of halogens is 1. The number of nitrogens with zero attached hydrogens (tertiary/aromatic N) is 1. The van der Waals surface area contributed by atoms with E-state index < -0.39 is 0 Å². The number of rotatable bonds is 5. The molecule has 0 aromatic heterocycles. The Balaban J connectivity index is 1.82. The molecule has 1 atom stereocenters.